The first-order chi connectivity index (χ1) is 8.13. The number of halogens is 1. The van der Waals surface area contributed by atoms with Crippen molar-refractivity contribution in [1.29, 1.82) is 5.26 Å². The third-order valence-electron chi connectivity index (χ3n) is 1.78. The summed E-state index contributed by atoms with van der Waals surface area (Å²) in [4.78, 5) is 0. The van der Waals surface area contributed by atoms with Crippen LogP contribution >= 0.6 is 15.9 Å². The van der Waals surface area contributed by atoms with Gasteiger partial charge in [-0.3, -0.25) is 4.72 Å². The first kappa shape index (κ1) is 15.0. The van der Waals surface area contributed by atoms with Crippen molar-refractivity contribution in [2.24, 2.45) is 0 Å². The van der Waals surface area contributed by atoms with Gasteiger partial charge >= 0.3 is 0 Å². The van der Waals surface area contributed by atoms with Gasteiger partial charge in [0.25, 0.3) is 10.2 Å². The van der Waals surface area contributed by atoms with Gasteiger partial charge in [-0.15, -0.1) is 0 Å². The van der Waals surface area contributed by atoms with E-state index in [9.17, 15) is 8.42 Å². The van der Waals surface area contributed by atoms with Crippen LogP contribution in [0, 0.1) is 11.3 Å². The number of nitrogens with one attached hydrogen (secondary N) is 2. The smallest absolute Gasteiger partial charge is 0.270 e. The van der Waals surface area contributed by atoms with E-state index in [0.29, 0.717) is 15.7 Å². The van der Waals surface area contributed by atoms with Gasteiger partial charge in [-0.1, -0.05) is 0 Å². The zero-order valence-electron chi connectivity index (χ0n) is 10.3. The Balaban J connectivity index is 2.96. The van der Waals surface area contributed by atoms with E-state index in [4.69, 9.17) is 5.26 Å². The Morgan fingerprint density at radius 2 is 1.94 bits per heavy atom. The number of nitriles is 1. The summed E-state index contributed by atoms with van der Waals surface area (Å²) in [6.07, 6.45) is 0. The molecule has 0 amide bonds. The van der Waals surface area contributed by atoms with Crippen molar-refractivity contribution in [3.05, 3.63) is 28.2 Å². The second-order valence-electron chi connectivity index (χ2n) is 4.76. The Kier molecular flexibility index (Phi) is 4.37. The molecule has 7 heteroatoms. The number of benzene rings is 1. The summed E-state index contributed by atoms with van der Waals surface area (Å²) in [5, 5.41) is 8.72. The second kappa shape index (κ2) is 5.26. The topological polar surface area (TPSA) is 82.0 Å². The number of rotatable bonds is 3. The molecule has 0 bridgehead atoms. The molecule has 0 aliphatic rings. The van der Waals surface area contributed by atoms with E-state index >= 15 is 0 Å². The largest absolute Gasteiger partial charge is 0.299 e. The van der Waals surface area contributed by atoms with Crippen LogP contribution in [0.5, 0.6) is 0 Å². The van der Waals surface area contributed by atoms with Gasteiger partial charge in [0, 0.05) is 10.0 Å². The average Bonchev–Trinajstić information content (AvgIpc) is 2.17. The van der Waals surface area contributed by atoms with Gasteiger partial charge in [-0.05, 0) is 54.9 Å². The predicted octanol–water partition coefficient (Wildman–Crippen LogP) is 2.37. The molecule has 0 spiro atoms. The van der Waals surface area contributed by atoms with Crippen LogP contribution in [0.2, 0.25) is 0 Å². The van der Waals surface area contributed by atoms with Gasteiger partial charge in [0.05, 0.1) is 17.3 Å². The summed E-state index contributed by atoms with van der Waals surface area (Å²) in [7, 11) is -3.65. The molecule has 98 valence electrons. The lowest BCUT2D eigenvalue weighted by Gasteiger charge is -2.21. The molecule has 1 aromatic carbocycles. The van der Waals surface area contributed by atoms with Crippen molar-refractivity contribution in [2.75, 3.05) is 4.72 Å². The summed E-state index contributed by atoms with van der Waals surface area (Å²) in [6, 6.07) is 6.60. The highest BCUT2D eigenvalue weighted by atomic mass is 79.9. The molecule has 18 heavy (non-hydrogen) atoms. The van der Waals surface area contributed by atoms with E-state index in [1.54, 1.807) is 32.9 Å². The Morgan fingerprint density at radius 1 is 1.33 bits per heavy atom. The van der Waals surface area contributed by atoms with Gasteiger partial charge in [-0.25, -0.2) is 0 Å². The van der Waals surface area contributed by atoms with Crippen LogP contribution in [0.1, 0.15) is 26.3 Å². The SMILES string of the molecule is CC(C)(C)NS(=O)(=O)Nc1ccc(C#N)cc1Br. The van der Waals surface area contributed by atoms with Gasteiger partial charge in [0.15, 0.2) is 0 Å². The van der Waals surface area contributed by atoms with E-state index in [0.717, 1.165) is 0 Å². The fraction of sp³-hybridized carbons (Fsp3) is 0.364. The number of anilines is 1. The van der Waals surface area contributed by atoms with Crippen LogP contribution in [0.4, 0.5) is 5.69 Å². The van der Waals surface area contributed by atoms with Crippen molar-refractivity contribution >= 4 is 31.8 Å². The zero-order chi connectivity index (χ0) is 14.0. The summed E-state index contributed by atoms with van der Waals surface area (Å²) in [5.41, 5.74) is 0.268. The van der Waals surface area contributed by atoms with Gasteiger partial charge < -0.3 is 0 Å². The van der Waals surface area contributed by atoms with Gasteiger partial charge in [0.1, 0.15) is 0 Å². The van der Waals surface area contributed by atoms with Gasteiger partial charge in [0.2, 0.25) is 0 Å². The van der Waals surface area contributed by atoms with E-state index in [-0.39, 0.29) is 0 Å². The first-order valence-electron chi connectivity index (χ1n) is 5.14. The fourth-order valence-electron chi connectivity index (χ4n) is 1.24. The van der Waals surface area contributed by atoms with Crippen LogP contribution in [0.15, 0.2) is 22.7 Å². The van der Waals surface area contributed by atoms with Crippen molar-refractivity contribution in [3.63, 3.8) is 0 Å². The molecule has 0 aliphatic heterocycles. The standard InChI is InChI=1S/C11H14BrN3O2S/c1-11(2,3)15-18(16,17)14-10-5-4-8(7-13)6-9(10)12/h4-6,14-15H,1-3H3. The molecule has 0 fully saturated rings. The van der Waals surface area contributed by atoms with Crippen molar-refractivity contribution in [1.82, 2.24) is 4.72 Å². The predicted molar refractivity (Wildman–Crippen MR) is 74.3 cm³/mol. The van der Waals surface area contributed by atoms with Crippen LogP contribution in [0.25, 0.3) is 0 Å². The first-order valence-corrected chi connectivity index (χ1v) is 7.42. The second-order valence-corrected chi connectivity index (χ2v) is 7.03. The van der Waals surface area contributed by atoms with E-state index in [1.807, 2.05) is 6.07 Å². The lowest BCUT2D eigenvalue weighted by Crippen LogP contribution is -2.43. The van der Waals surface area contributed by atoms with Crippen molar-refractivity contribution < 1.29 is 8.42 Å². The summed E-state index contributed by atoms with van der Waals surface area (Å²) >= 11 is 3.21. The van der Waals surface area contributed by atoms with Crippen LogP contribution in [0.3, 0.4) is 0 Å². The maximum atomic E-state index is 11.8. The summed E-state index contributed by atoms with van der Waals surface area (Å²) in [6.45, 7) is 5.25. The average molecular weight is 332 g/mol. The molecular formula is C11H14BrN3O2S. The quantitative estimate of drug-likeness (QED) is 0.891. The van der Waals surface area contributed by atoms with E-state index in [1.165, 1.54) is 6.07 Å². The molecule has 2 N–H and O–H groups in total. The van der Waals surface area contributed by atoms with Crippen LogP contribution in [-0.4, -0.2) is 14.0 Å². The minimum atomic E-state index is -3.65. The number of nitrogens with zero attached hydrogens (tertiary/aromatic N) is 1. The highest BCUT2D eigenvalue weighted by molar-refractivity contribution is 9.10. The molecule has 1 rings (SSSR count). The Bertz CT molecular complexity index is 585. The summed E-state index contributed by atoms with van der Waals surface area (Å²) in [5.74, 6) is 0. The number of hydrogen-bond acceptors (Lipinski definition) is 3. The van der Waals surface area contributed by atoms with Gasteiger partial charge in [-0.2, -0.15) is 18.4 Å². The maximum absolute atomic E-state index is 11.8. The van der Waals surface area contributed by atoms with Crippen molar-refractivity contribution in [2.45, 2.75) is 26.3 Å². The molecule has 0 saturated heterocycles. The van der Waals surface area contributed by atoms with Crippen LogP contribution < -0.4 is 9.44 Å². The lowest BCUT2D eigenvalue weighted by atomic mass is 10.1. The molecule has 0 atom stereocenters. The highest BCUT2D eigenvalue weighted by Crippen LogP contribution is 2.24. The molecule has 0 radical (unpaired) electrons. The van der Waals surface area contributed by atoms with E-state index < -0.39 is 15.7 Å². The van der Waals surface area contributed by atoms with Crippen LogP contribution in [-0.2, 0) is 10.2 Å². The van der Waals surface area contributed by atoms with Crippen molar-refractivity contribution in [3.8, 4) is 6.07 Å². The maximum Gasteiger partial charge on any atom is 0.299 e. The normalized spacial score (nSPS) is 11.9. The molecular weight excluding hydrogens is 318 g/mol. The molecule has 0 heterocycles. The minimum absolute atomic E-state index is 0.380. The molecule has 5 nitrogen and oxygen atoms in total. The zero-order valence-corrected chi connectivity index (χ0v) is 12.7. The monoisotopic (exact) mass is 331 g/mol. The molecule has 0 saturated carbocycles. The minimum Gasteiger partial charge on any atom is -0.270 e. The third-order valence-corrected chi connectivity index (χ3v) is 3.81. The Hall–Kier alpha value is -1.10. The Labute approximate surface area is 116 Å². The Morgan fingerprint density at radius 3 is 2.39 bits per heavy atom. The third kappa shape index (κ3) is 4.64. The molecule has 0 unspecified atom stereocenters. The highest BCUT2D eigenvalue weighted by Gasteiger charge is 2.20. The van der Waals surface area contributed by atoms with E-state index in [2.05, 4.69) is 25.4 Å². The fourth-order valence-corrected chi connectivity index (χ4v) is 3.17. The lowest BCUT2D eigenvalue weighted by molar-refractivity contribution is 0.494. The molecule has 1 aromatic rings. The summed E-state index contributed by atoms with van der Waals surface area (Å²) < 4.78 is 29.0. The number of hydrogen-bond donors (Lipinski definition) is 2. The molecule has 0 aromatic heterocycles. The molecule has 0 aliphatic carbocycles.